The molecule has 0 aliphatic heterocycles. The van der Waals surface area contributed by atoms with Crippen LogP contribution in [0, 0.1) is 0 Å². The fourth-order valence-electron chi connectivity index (χ4n) is 7.03. The van der Waals surface area contributed by atoms with Crippen LogP contribution >= 0.6 is 34.8 Å². The van der Waals surface area contributed by atoms with Crippen LogP contribution in [0.1, 0.15) is 98.5 Å². The van der Waals surface area contributed by atoms with Crippen LogP contribution in [0.15, 0.2) is 35.1 Å². The van der Waals surface area contributed by atoms with Gasteiger partial charge < -0.3 is 19.1 Å². The fourth-order valence-corrected chi connectivity index (χ4v) is 7.82. The second-order valence-corrected chi connectivity index (χ2v) is 13.9. The largest absolute Gasteiger partial charge is 0.490 e. The number of fused-ring (bicyclic) bond motifs is 4. The monoisotopic (exact) mass is 655 g/mol. The number of aromatic nitrogens is 3. The van der Waals surface area contributed by atoms with Crippen molar-refractivity contribution >= 4 is 51.7 Å². The molecule has 0 saturated heterocycles. The zero-order valence-corrected chi connectivity index (χ0v) is 26.7. The Kier molecular flexibility index (Phi) is 7.55. The van der Waals surface area contributed by atoms with Crippen LogP contribution in [0.4, 0.5) is 0 Å². The number of benzene rings is 1. The Labute approximate surface area is 270 Å². The maximum absolute atomic E-state index is 12.2. The van der Waals surface area contributed by atoms with E-state index in [0.717, 1.165) is 68.4 Å². The normalized spacial score (nSPS) is 23.0. The van der Waals surface area contributed by atoms with E-state index in [0.29, 0.717) is 49.8 Å². The highest BCUT2D eigenvalue weighted by Gasteiger charge is 2.51. The summed E-state index contributed by atoms with van der Waals surface area (Å²) in [6.45, 7) is 4.07. The number of aromatic carboxylic acids is 1. The van der Waals surface area contributed by atoms with E-state index in [4.69, 9.17) is 53.8 Å². The van der Waals surface area contributed by atoms with Crippen molar-refractivity contribution in [1.29, 1.82) is 0 Å². The Morgan fingerprint density at radius 2 is 1.73 bits per heavy atom. The van der Waals surface area contributed by atoms with Crippen LogP contribution in [-0.2, 0) is 16.8 Å². The third kappa shape index (κ3) is 5.14. The molecular formula is C33H32Cl3N3O5. The van der Waals surface area contributed by atoms with Crippen LogP contribution in [-0.4, -0.2) is 37.9 Å². The molecule has 4 saturated carbocycles. The number of pyridine rings is 2. The Morgan fingerprint density at radius 3 is 2.34 bits per heavy atom. The van der Waals surface area contributed by atoms with Gasteiger partial charge >= 0.3 is 5.97 Å². The lowest BCUT2D eigenvalue weighted by Crippen LogP contribution is -2.50. The van der Waals surface area contributed by atoms with E-state index < -0.39 is 5.97 Å². The Balaban J connectivity index is 1.13. The van der Waals surface area contributed by atoms with Gasteiger partial charge in [0.2, 0.25) is 0 Å². The highest BCUT2D eigenvalue weighted by molar-refractivity contribution is 6.39. The molecule has 4 aliphatic carbocycles. The first-order chi connectivity index (χ1) is 21.1. The minimum absolute atomic E-state index is 0.0855. The lowest BCUT2D eigenvalue weighted by molar-refractivity contribution is -0.127. The number of rotatable bonds is 9. The average Bonchev–Trinajstić information content (AvgIpc) is 3.76. The van der Waals surface area contributed by atoms with Crippen LogP contribution < -0.4 is 4.74 Å². The first-order valence-corrected chi connectivity index (χ1v) is 16.2. The summed E-state index contributed by atoms with van der Waals surface area (Å²) in [6, 6.07) is 5.38. The predicted molar refractivity (Wildman–Crippen MR) is 168 cm³/mol. The maximum Gasteiger partial charge on any atom is 0.340 e. The van der Waals surface area contributed by atoms with E-state index in [2.05, 4.69) is 10.1 Å². The van der Waals surface area contributed by atoms with Crippen LogP contribution in [0.25, 0.3) is 22.2 Å². The molecule has 8 rings (SSSR count). The molecule has 0 atom stereocenters. The molecule has 0 radical (unpaired) electrons. The summed E-state index contributed by atoms with van der Waals surface area (Å²) in [5.74, 6) is 0.393. The zero-order valence-electron chi connectivity index (χ0n) is 24.5. The molecule has 11 heteroatoms. The van der Waals surface area contributed by atoms with Crippen LogP contribution in [0.3, 0.4) is 0 Å². The number of halogens is 3. The molecule has 44 heavy (non-hydrogen) atoms. The number of hydrogen-bond acceptors (Lipinski definition) is 7. The third-order valence-corrected chi connectivity index (χ3v) is 10.4. The van der Waals surface area contributed by atoms with Gasteiger partial charge in [0.15, 0.2) is 0 Å². The smallest absolute Gasteiger partial charge is 0.340 e. The quantitative estimate of drug-likeness (QED) is 0.190. The lowest BCUT2D eigenvalue weighted by atomic mass is 9.57. The highest BCUT2D eigenvalue weighted by Crippen LogP contribution is 2.56. The highest BCUT2D eigenvalue weighted by atomic mass is 35.5. The van der Waals surface area contributed by atoms with Crippen molar-refractivity contribution in [1.82, 2.24) is 15.1 Å². The molecule has 4 fully saturated rings. The maximum atomic E-state index is 12.2. The number of carboxylic acid groups (broad SMARTS) is 1. The van der Waals surface area contributed by atoms with E-state index in [1.54, 1.807) is 18.5 Å². The second kappa shape index (κ2) is 11.2. The molecule has 0 amide bonds. The minimum Gasteiger partial charge on any atom is -0.490 e. The van der Waals surface area contributed by atoms with Gasteiger partial charge in [-0.1, -0.05) is 40.0 Å². The number of ether oxygens (including phenoxy) is 2. The molecule has 230 valence electrons. The number of carbonyl (C=O) groups is 1. The van der Waals surface area contributed by atoms with Gasteiger partial charge in [-0.05, 0) is 77.3 Å². The minimum atomic E-state index is -1.07. The van der Waals surface area contributed by atoms with Crippen molar-refractivity contribution in [3.05, 3.63) is 68.2 Å². The summed E-state index contributed by atoms with van der Waals surface area (Å²) in [6.07, 6.45) is 10.5. The molecule has 3 heterocycles. The van der Waals surface area contributed by atoms with Crippen molar-refractivity contribution in [3.8, 4) is 17.0 Å². The Morgan fingerprint density at radius 1 is 1.05 bits per heavy atom. The molecule has 4 aliphatic rings. The third-order valence-electron chi connectivity index (χ3n) is 9.57. The molecule has 0 spiro atoms. The van der Waals surface area contributed by atoms with Gasteiger partial charge in [-0.3, -0.25) is 9.97 Å². The SMILES string of the molecule is CC(C)Oc1cc(Cl)c2nc(C34CCC(OCc5c(-c6c(Cl)cncc6Cl)noc5C5CC5)(CC3)CC4)ccc2c1C(=O)O. The summed E-state index contributed by atoms with van der Waals surface area (Å²) in [7, 11) is 0. The Bertz CT molecular complexity index is 1740. The number of carboxylic acids is 1. The number of hydrogen-bond donors (Lipinski definition) is 1. The lowest BCUT2D eigenvalue weighted by Gasteiger charge is -2.53. The van der Waals surface area contributed by atoms with Crippen molar-refractivity contribution in [3.63, 3.8) is 0 Å². The first kappa shape index (κ1) is 29.8. The van der Waals surface area contributed by atoms with Gasteiger partial charge in [0.1, 0.15) is 22.8 Å². The van der Waals surface area contributed by atoms with Crippen molar-refractivity contribution in [2.24, 2.45) is 0 Å². The van der Waals surface area contributed by atoms with E-state index in [-0.39, 0.29) is 28.4 Å². The van der Waals surface area contributed by atoms with Gasteiger partial charge in [0.05, 0.1) is 38.9 Å². The molecule has 8 nitrogen and oxygen atoms in total. The standard InChI is InChI=1S/C33H32Cl3N3O5/c1-17(2)43-24-13-21(34)28-19(26(24)31(40)41)5-6-25(38-28)32-7-10-33(11-8-32,12-9-32)42-16-20-29(39-44-30(20)18-3-4-18)27-22(35)14-37-15-23(27)36/h5-6,13-15,17-18H,3-4,7-12,16H2,1-2H3,(H,40,41). The average molecular weight is 657 g/mol. The van der Waals surface area contributed by atoms with Gasteiger partial charge in [-0.25, -0.2) is 4.79 Å². The van der Waals surface area contributed by atoms with E-state index in [1.165, 1.54) is 0 Å². The number of nitrogens with zero attached hydrogens (tertiary/aromatic N) is 3. The second-order valence-electron chi connectivity index (χ2n) is 12.7. The zero-order chi connectivity index (χ0) is 30.8. The molecule has 4 aromatic rings. The first-order valence-electron chi connectivity index (χ1n) is 15.1. The van der Waals surface area contributed by atoms with Gasteiger partial charge in [0.25, 0.3) is 0 Å². The van der Waals surface area contributed by atoms with E-state index in [1.807, 2.05) is 26.0 Å². The summed E-state index contributed by atoms with van der Waals surface area (Å²) in [5, 5.41) is 16.1. The summed E-state index contributed by atoms with van der Waals surface area (Å²) in [5.41, 5.74) is 3.33. The van der Waals surface area contributed by atoms with Crippen LogP contribution in [0.5, 0.6) is 5.75 Å². The predicted octanol–water partition coefficient (Wildman–Crippen LogP) is 9.17. The van der Waals surface area contributed by atoms with Gasteiger partial charge in [0, 0.05) is 52.0 Å². The summed E-state index contributed by atoms with van der Waals surface area (Å²) < 4.78 is 18.4. The van der Waals surface area contributed by atoms with Crippen molar-refractivity contribution in [2.45, 2.75) is 94.9 Å². The van der Waals surface area contributed by atoms with Gasteiger partial charge in [-0.2, -0.15) is 0 Å². The van der Waals surface area contributed by atoms with E-state index in [9.17, 15) is 9.90 Å². The molecule has 1 aromatic carbocycles. The van der Waals surface area contributed by atoms with Crippen LogP contribution in [0.2, 0.25) is 15.1 Å². The van der Waals surface area contributed by atoms with Crippen molar-refractivity contribution in [2.75, 3.05) is 0 Å². The fraction of sp³-hybridized carbons (Fsp3) is 0.455. The Hall–Kier alpha value is -2.91. The van der Waals surface area contributed by atoms with Crippen molar-refractivity contribution < 1.29 is 23.9 Å². The summed E-state index contributed by atoms with van der Waals surface area (Å²) >= 11 is 19.7. The molecular weight excluding hydrogens is 625 g/mol. The topological polar surface area (TPSA) is 108 Å². The molecule has 1 N–H and O–H groups in total. The molecule has 2 bridgehead atoms. The van der Waals surface area contributed by atoms with E-state index >= 15 is 0 Å². The summed E-state index contributed by atoms with van der Waals surface area (Å²) in [4.78, 5) is 21.3. The van der Waals surface area contributed by atoms with Gasteiger partial charge in [-0.15, -0.1) is 0 Å². The molecule has 0 unspecified atom stereocenters. The molecule has 3 aromatic heterocycles.